The van der Waals surface area contributed by atoms with Gasteiger partial charge in [-0.15, -0.1) is 0 Å². The first-order valence-corrected chi connectivity index (χ1v) is 5.20. The van der Waals surface area contributed by atoms with Crippen molar-refractivity contribution in [3.8, 4) is 0 Å². The van der Waals surface area contributed by atoms with Crippen molar-refractivity contribution in [3.05, 3.63) is 12.2 Å². The van der Waals surface area contributed by atoms with E-state index in [0.717, 1.165) is 5.57 Å². The molecule has 0 rings (SSSR count). The predicted molar refractivity (Wildman–Crippen MR) is 41.0 cm³/mol. The Morgan fingerprint density at radius 3 is 1.69 bits per heavy atom. The number of aliphatic hydroxyl groups is 1. The van der Waals surface area contributed by atoms with E-state index in [1.54, 1.807) is 6.92 Å². The summed E-state index contributed by atoms with van der Waals surface area (Å²) in [4.78, 5) is 18.6. The third-order valence-corrected chi connectivity index (χ3v) is 1.77. The molecule has 0 fully saturated rings. The summed E-state index contributed by atoms with van der Waals surface area (Å²) in [6.07, 6.45) is 0. The Kier molecular flexibility index (Phi) is 18.8. The van der Waals surface area contributed by atoms with Crippen LogP contribution in [0.4, 0.5) is 0 Å². The molecule has 0 aliphatic rings. The fourth-order valence-corrected chi connectivity index (χ4v) is 0.612. The van der Waals surface area contributed by atoms with E-state index in [2.05, 4.69) is 10.9 Å². The van der Waals surface area contributed by atoms with E-state index in [1.807, 2.05) is 0 Å². The molecule has 0 saturated heterocycles. The van der Waals surface area contributed by atoms with E-state index in [0.29, 0.717) is 0 Å². The van der Waals surface area contributed by atoms with Crippen molar-refractivity contribution in [2.75, 3.05) is 6.61 Å². The minimum absolute atomic E-state index is 0. The van der Waals surface area contributed by atoms with Gasteiger partial charge in [-0.2, -0.15) is 0 Å². The molecule has 0 bridgehead atoms. The SMILES string of the molecule is C=C(C)CO.O=[PH]([O-])O[PH](=O)[O-].[Zn+2]. The molecule has 0 aromatic heterocycles. The molecule has 0 aliphatic carbocycles. The second-order valence-corrected chi connectivity index (χ2v) is 3.53. The zero-order chi connectivity index (χ0) is 10.1. The van der Waals surface area contributed by atoms with Crippen LogP contribution in [0.3, 0.4) is 0 Å². The normalized spacial score (nSPS) is 12.9. The maximum absolute atomic E-state index is 9.29. The molecule has 0 radical (unpaired) electrons. The van der Waals surface area contributed by atoms with Crippen LogP contribution in [0.15, 0.2) is 12.2 Å². The molecule has 0 heterocycles. The van der Waals surface area contributed by atoms with Crippen molar-refractivity contribution in [1.82, 2.24) is 0 Å². The van der Waals surface area contributed by atoms with Gasteiger partial charge < -0.3 is 24.0 Å². The smallest absolute Gasteiger partial charge is 0.781 e. The summed E-state index contributed by atoms with van der Waals surface area (Å²) in [6, 6.07) is 0. The predicted octanol–water partition coefficient (Wildman–Crippen LogP) is -0.945. The molecular formula is C4H10O6P2Zn. The van der Waals surface area contributed by atoms with Gasteiger partial charge in [-0.1, -0.05) is 12.2 Å². The molecule has 0 aromatic carbocycles. The zero-order valence-electron chi connectivity index (χ0n) is 7.11. The molecule has 2 atom stereocenters. The van der Waals surface area contributed by atoms with Crippen LogP contribution in [0.2, 0.25) is 0 Å². The van der Waals surface area contributed by atoms with E-state index < -0.39 is 16.5 Å². The molecule has 0 saturated carbocycles. The Bertz CT molecular complexity index is 171. The van der Waals surface area contributed by atoms with Gasteiger partial charge in [0.15, 0.2) is 0 Å². The molecule has 2 unspecified atom stereocenters. The zero-order valence-corrected chi connectivity index (χ0v) is 12.1. The first-order chi connectivity index (χ1) is 5.40. The molecule has 0 aliphatic heterocycles. The van der Waals surface area contributed by atoms with Crippen LogP contribution in [-0.4, -0.2) is 11.7 Å². The molecule has 13 heavy (non-hydrogen) atoms. The summed E-state index contributed by atoms with van der Waals surface area (Å²) in [5.74, 6) is 0. The molecule has 0 spiro atoms. The van der Waals surface area contributed by atoms with E-state index >= 15 is 0 Å². The van der Waals surface area contributed by atoms with Crippen LogP contribution in [0.1, 0.15) is 6.92 Å². The van der Waals surface area contributed by atoms with Crippen molar-refractivity contribution in [3.63, 3.8) is 0 Å². The molecule has 9 heteroatoms. The number of aliphatic hydroxyl groups excluding tert-OH is 1. The molecule has 74 valence electrons. The first-order valence-electron chi connectivity index (χ1n) is 2.75. The summed E-state index contributed by atoms with van der Waals surface area (Å²) in [6.45, 7) is 5.31. The Morgan fingerprint density at radius 1 is 1.46 bits per heavy atom. The third-order valence-electron chi connectivity index (χ3n) is 0.437. The Morgan fingerprint density at radius 2 is 1.69 bits per heavy atom. The van der Waals surface area contributed by atoms with Crippen LogP contribution in [0.25, 0.3) is 0 Å². The molecule has 0 amide bonds. The topological polar surface area (TPSA) is 110 Å². The molecular weight excluding hydrogens is 271 g/mol. The largest absolute Gasteiger partial charge is 2.00 e. The van der Waals surface area contributed by atoms with Gasteiger partial charge in [0.05, 0.1) is 6.61 Å². The minimum Gasteiger partial charge on any atom is -0.781 e. The summed E-state index contributed by atoms with van der Waals surface area (Å²) < 4.78 is 21.8. The summed E-state index contributed by atoms with van der Waals surface area (Å²) in [5.41, 5.74) is 0.810. The van der Waals surface area contributed by atoms with Gasteiger partial charge in [0, 0.05) is 0 Å². The van der Waals surface area contributed by atoms with Gasteiger partial charge in [-0.3, -0.25) is 4.31 Å². The van der Waals surface area contributed by atoms with Crippen LogP contribution in [0, 0.1) is 0 Å². The number of hydrogen-bond acceptors (Lipinski definition) is 6. The average molecular weight is 281 g/mol. The summed E-state index contributed by atoms with van der Waals surface area (Å²) in [7, 11) is -7.03. The van der Waals surface area contributed by atoms with Gasteiger partial charge in [-0.05, 0) is 6.92 Å². The third kappa shape index (κ3) is 32.4. The minimum atomic E-state index is -3.51. The van der Waals surface area contributed by atoms with Crippen LogP contribution >= 0.6 is 16.5 Å². The molecule has 1 N–H and O–H groups in total. The molecule has 0 aromatic rings. The number of hydrogen-bond donors (Lipinski definition) is 1. The first kappa shape index (κ1) is 19.3. The maximum atomic E-state index is 9.29. The molecule has 6 nitrogen and oxygen atoms in total. The van der Waals surface area contributed by atoms with Crippen LogP contribution in [0.5, 0.6) is 0 Å². The monoisotopic (exact) mass is 280 g/mol. The summed E-state index contributed by atoms with van der Waals surface area (Å²) in [5, 5.41) is 8.04. The second kappa shape index (κ2) is 12.7. The van der Waals surface area contributed by atoms with E-state index in [1.165, 1.54) is 0 Å². The van der Waals surface area contributed by atoms with Gasteiger partial charge in [0.2, 0.25) is 0 Å². The van der Waals surface area contributed by atoms with Crippen molar-refractivity contribution in [1.29, 1.82) is 0 Å². The Balaban J connectivity index is -0.000000150. The van der Waals surface area contributed by atoms with Crippen molar-refractivity contribution in [2.24, 2.45) is 0 Å². The van der Waals surface area contributed by atoms with Gasteiger partial charge >= 0.3 is 19.5 Å². The van der Waals surface area contributed by atoms with Gasteiger partial charge in [0.25, 0.3) is 0 Å². The second-order valence-electron chi connectivity index (χ2n) is 1.72. The standard InChI is InChI=1S/C4H8O.H4O5P2.Zn/c1-4(2)3-5;1-6(2)5-7(3)4;/h5H,1,3H2,2H3;6-7H,(H,1,2)(H,3,4);/q;;+2/p-2. The van der Waals surface area contributed by atoms with Gasteiger partial charge in [-0.25, -0.2) is 0 Å². The Labute approximate surface area is 90.3 Å². The van der Waals surface area contributed by atoms with Gasteiger partial charge in [0.1, 0.15) is 16.5 Å². The maximum Gasteiger partial charge on any atom is 2.00 e. The van der Waals surface area contributed by atoms with Crippen LogP contribution < -0.4 is 9.79 Å². The fraction of sp³-hybridized carbons (Fsp3) is 0.500. The van der Waals surface area contributed by atoms with Crippen molar-refractivity contribution >= 4 is 16.5 Å². The van der Waals surface area contributed by atoms with E-state index in [-0.39, 0.29) is 26.1 Å². The number of rotatable bonds is 3. The fourth-order valence-electron chi connectivity index (χ4n) is 0.0680. The van der Waals surface area contributed by atoms with Crippen molar-refractivity contribution < 1.29 is 47.8 Å². The van der Waals surface area contributed by atoms with Crippen molar-refractivity contribution in [2.45, 2.75) is 6.92 Å². The quantitative estimate of drug-likeness (QED) is 0.406. The van der Waals surface area contributed by atoms with E-state index in [4.69, 9.17) is 5.11 Å². The Hall–Kier alpha value is 0.663. The van der Waals surface area contributed by atoms with E-state index in [9.17, 15) is 18.9 Å². The van der Waals surface area contributed by atoms with Crippen LogP contribution in [-0.2, 0) is 32.9 Å². The summed E-state index contributed by atoms with van der Waals surface area (Å²) >= 11 is 0. The average Bonchev–Trinajstić information content (AvgIpc) is 1.85.